The Morgan fingerprint density at radius 2 is 1.54 bits per heavy atom. The molecule has 0 aromatic heterocycles. The first-order chi connectivity index (χ1) is 11.7. The van der Waals surface area contributed by atoms with Gasteiger partial charge in [0, 0.05) is 49.6 Å². The summed E-state index contributed by atoms with van der Waals surface area (Å²) >= 11 is 0. The van der Waals surface area contributed by atoms with Gasteiger partial charge in [-0.15, -0.1) is 0 Å². The number of fused-ring (bicyclic) bond motifs is 2. The molecule has 2 saturated carbocycles. The van der Waals surface area contributed by atoms with Crippen LogP contribution in [0.25, 0.3) is 0 Å². The number of ketones is 1. The van der Waals surface area contributed by atoms with Gasteiger partial charge in [-0.2, -0.15) is 0 Å². The highest BCUT2D eigenvalue weighted by atomic mass is 16.2. The Bertz CT molecular complexity index is 591. The molecule has 4 nitrogen and oxygen atoms in total. The first kappa shape index (κ1) is 15.7. The predicted octanol–water partition coefficient (Wildman–Crippen LogP) is 2.73. The number of hydrogen-bond acceptors (Lipinski definition) is 3. The minimum Gasteiger partial charge on any atom is -0.368 e. The highest BCUT2D eigenvalue weighted by Crippen LogP contribution is 2.40. The SMILES string of the molecule is O=C1C2CCCC1CC(C(=O)N1CCN(c3ccccc3)CC1)C2. The molecular weight excluding hydrogens is 300 g/mol. The third kappa shape index (κ3) is 2.94. The largest absolute Gasteiger partial charge is 0.368 e. The van der Waals surface area contributed by atoms with Crippen molar-refractivity contribution in [3.8, 4) is 0 Å². The Morgan fingerprint density at radius 3 is 2.17 bits per heavy atom. The molecule has 0 N–H and O–H groups in total. The zero-order valence-corrected chi connectivity index (χ0v) is 14.2. The van der Waals surface area contributed by atoms with Gasteiger partial charge in [0.15, 0.2) is 0 Å². The van der Waals surface area contributed by atoms with Gasteiger partial charge in [-0.25, -0.2) is 0 Å². The fourth-order valence-electron chi connectivity index (χ4n) is 4.76. The smallest absolute Gasteiger partial charge is 0.225 e. The lowest BCUT2D eigenvalue weighted by atomic mass is 9.67. The van der Waals surface area contributed by atoms with Crippen molar-refractivity contribution in [3.63, 3.8) is 0 Å². The number of carbonyl (C=O) groups is 2. The number of piperazine rings is 1. The van der Waals surface area contributed by atoms with E-state index in [0.29, 0.717) is 11.7 Å². The highest BCUT2D eigenvalue weighted by molar-refractivity contribution is 5.88. The quantitative estimate of drug-likeness (QED) is 0.839. The van der Waals surface area contributed by atoms with Crippen molar-refractivity contribution in [2.75, 3.05) is 31.1 Å². The van der Waals surface area contributed by atoms with Gasteiger partial charge in [0.1, 0.15) is 5.78 Å². The monoisotopic (exact) mass is 326 g/mol. The zero-order chi connectivity index (χ0) is 16.5. The zero-order valence-electron chi connectivity index (χ0n) is 14.2. The Kier molecular flexibility index (Phi) is 4.30. The predicted molar refractivity (Wildman–Crippen MR) is 93.8 cm³/mol. The van der Waals surface area contributed by atoms with E-state index in [1.807, 2.05) is 11.0 Å². The average Bonchev–Trinajstić information content (AvgIpc) is 2.62. The van der Waals surface area contributed by atoms with Crippen LogP contribution < -0.4 is 4.90 Å². The van der Waals surface area contributed by atoms with Gasteiger partial charge in [0.25, 0.3) is 0 Å². The van der Waals surface area contributed by atoms with E-state index >= 15 is 0 Å². The summed E-state index contributed by atoms with van der Waals surface area (Å²) in [5.74, 6) is 1.15. The highest BCUT2D eigenvalue weighted by Gasteiger charge is 2.42. The molecule has 3 aliphatic rings. The molecule has 1 aliphatic heterocycles. The Labute approximate surface area is 143 Å². The minimum atomic E-state index is 0.0845. The van der Waals surface area contributed by atoms with E-state index in [1.165, 1.54) is 5.69 Å². The van der Waals surface area contributed by atoms with Gasteiger partial charge in [-0.05, 0) is 37.8 Å². The molecule has 1 aromatic carbocycles. The molecule has 24 heavy (non-hydrogen) atoms. The molecule has 1 heterocycles. The van der Waals surface area contributed by atoms with E-state index in [2.05, 4.69) is 29.2 Å². The van der Waals surface area contributed by atoms with E-state index in [9.17, 15) is 9.59 Å². The summed E-state index contributed by atoms with van der Waals surface area (Å²) < 4.78 is 0. The van der Waals surface area contributed by atoms with Crippen LogP contribution in [0, 0.1) is 17.8 Å². The number of Topliss-reactive ketones (excluding diaryl/α,β-unsaturated/α-hetero) is 1. The van der Waals surface area contributed by atoms with E-state index in [-0.39, 0.29) is 17.8 Å². The maximum atomic E-state index is 12.9. The van der Waals surface area contributed by atoms with Crippen LogP contribution in [-0.2, 0) is 9.59 Å². The fraction of sp³-hybridized carbons (Fsp3) is 0.600. The van der Waals surface area contributed by atoms with Gasteiger partial charge >= 0.3 is 0 Å². The molecule has 2 bridgehead atoms. The summed E-state index contributed by atoms with van der Waals surface area (Å²) in [5, 5.41) is 0. The molecule has 4 heteroatoms. The molecule has 128 valence electrons. The van der Waals surface area contributed by atoms with Crippen LogP contribution in [0.2, 0.25) is 0 Å². The number of para-hydroxylation sites is 1. The first-order valence-corrected chi connectivity index (χ1v) is 9.35. The summed E-state index contributed by atoms with van der Waals surface area (Å²) in [7, 11) is 0. The topological polar surface area (TPSA) is 40.6 Å². The van der Waals surface area contributed by atoms with Crippen LogP contribution in [0.1, 0.15) is 32.1 Å². The molecule has 1 amide bonds. The number of carbonyl (C=O) groups excluding carboxylic acids is 2. The number of amides is 1. The van der Waals surface area contributed by atoms with E-state index in [4.69, 9.17) is 0 Å². The van der Waals surface area contributed by atoms with Gasteiger partial charge in [-0.1, -0.05) is 24.6 Å². The van der Waals surface area contributed by atoms with Gasteiger partial charge in [0.2, 0.25) is 5.91 Å². The number of nitrogens with zero attached hydrogens (tertiary/aromatic N) is 2. The van der Waals surface area contributed by atoms with Crippen LogP contribution in [0.15, 0.2) is 30.3 Å². The molecule has 2 aliphatic carbocycles. The molecule has 2 atom stereocenters. The molecular formula is C20H26N2O2. The fourth-order valence-corrected chi connectivity index (χ4v) is 4.76. The second kappa shape index (κ2) is 6.58. The lowest BCUT2D eigenvalue weighted by Crippen LogP contribution is -2.52. The number of hydrogen-bond donors (Lipinski definition) is 0. The molecule has 0 radical (unpaired) electrons. The Morgan fingerprint density at radius 1 is 0.917 bits per heavy atom. The van der Waals surface area contributed by atoms with Crippen molar-refractivity contribution < 1.29 is 9.59 Å². The lowest BCUT2D eigenvalue weighted by molar-refractivity contribution is -0.143. The van der Waals surface area contributed by atoms with Gasteiger partial charge < -0.3 is 9.80 Å². The molecule has 1 saturated heterocycles. The number of rotatable bonds is 2. The van der Waals surface area contributed by atoms with Crippen LogP contribution >= 0.6 is 0 Å². The van der Waals surface area contributed by atoms with Crippen LogP contribution in [0.5, 0.6) is 0 Å². The van der Waals surface area contributed by atoms with E-state index in [1.54, 1.807) is 0 Å². The average molecular weight is 326 g/mol. The molecule has 2 unspecified atom stereocenters. The summed E-state index contributed by atoms with van der Waals surface area (Å²) in [5.41, 5.74) is 1.24. The van der Waals surface area contributed by atoms with Gasteiger partial charge in [0.05, 0.1) is 0 Å². The summed E-state index contributed by atoms with van der Waals surface area (Å²) in [4.78, 5) is 29.5. The number of benzene rings is 1. The summed E-state index contributed by atoms with van der Waals surface area (Å²) in [6, 6.07) is 10.4. The van der Waals surface area contributed by atoms with Crippen molar-refractivity contribution in [3.05, 3.63) is 30.3 Å². The van der Waals surface area contributed by atoms with Crippen LogP contribution in [0.4, 0.5) is 5.69 Å². The van der Waals surface area contributed by atoms with Crippen LogP contribution in [0.3, 0.4) is 0 Å². The van der Waals surface area contributed by atoms with Crippen molar-refractivity contribution in [1.29, 1.82) is 0 Å². The third-order valence-electron chi connectivity index (χ3n) is 6.11. The second-order valence-corrected chi connectivity index (χ2v) is 7.54. The Hall–Kier alpha value is -1.84. The summed E-state index contributed by atoms with van der Waals surface area (Å²) in [6.07, 6.45) is 4.76. The maximum absolute atomic E-state index is 12.9. The van der Waals surface area contributed by atoms with Crippen molar-refractivity contribution >= 4 is 17.4 Å². The standard InChI is InChI=1S/C20H26N2O2/c23-19-15-5-4-6-16(19)14-17(13-15)20(24)22-11-9-21(10-12-22)18-7-2-1-3-8-18/h1-3,7-8,15-17H,4-6,9-14H2. The van der Waals surface area contributed by atoms with Crippen molar-refractivity contribution in [2.45, 2.75) is 32.1 Å². The molecule has 3 fully saturated rings. The molecule has 0 spiro atoms. The Balaban J connectivity index is 1.36. The number of anilines is 1. The van der Waals surface area contributed by atoms with Crippen LogP contribution in [-0.4, -0.2) is 42.8 Å². The van der Waals surface area contributed by atoms with E-state index in [0.717, 1.165) is 58.3 Å². The minimum absolute atomic E-state index is 0.0845. The molecule has 1 aromatic rings. The van der Waals surface area contributed by atoms with Crippen molar-refractivity contribution in [1.82, 2.24) is 4.90 Å². The summed E-state index contributed by atoms with van der Waals surface area (Å²) in [6.45, 7) is 3.39. The van der Waals surface area contributed by atoms with E-state index < -0.39 is 0 Å². The first-order valence-electron chi connectivity index (χ1n) is 9.35. The lowest BCUT2D eigenvalue weighted by Gasteiger charge is -2.41. The van der Waals surface area contributed by atoms with Crippen molar-refractivity contribution in [2.24, 2.45) is 17.8 Å². The third-order valence-corrected chi connectivity index (χ3v) is 6.11. The normalized spacial score (nSPS) is 30.3. The maximum Gasteiger partial charge on any atom is 0.225 e. The molecule has 4 rings (SSSR count). The second-order valence-electron chi connectivity index (χ2n) is 7.54. The van der Waals surface area contributed by atoms with Gasteiger partial charge in [-0.3, -0.25) is 9.59 Å².